The molecule has 2 atom stereocenters. The number of nitrogens with two attached hydrogens (primary N) is 1. The second kappa shape index (κ2) is 6.59. The highest BCUT2D eigenvalue weighted by Crippen LogP contribution is 2.34. The first kappa shape index (κ1) is 16.3. The van der Waals surface area contributed by atoms with Gasteiger partial charge in [-0.15, -0.1) is 6.58 Å². The van der Waals surface area contributed by atoms with Crippen LogP contribution in [0, 0.1) is 5.82 Å². The van der Waals surface area contributed by atoms with Crippen LogP contribution < -0.4 is 5.14 Å². The Hall–Kier alpha value is -0.780. The van der Waals surface area contributed by atoms with Crippen molar-refractivity contribution in [2.75, 3.05) is 0 Å². The zero-order valence-electron chi connectivity index (χ0n) is 11.0. The van der Waals surface area contributed by atoms with Gasteiger partial charge < -0.3 is 0 Å². The SMILES string of the molecule is C=CC[C@@H](CC(C)(C)S(N)=O)c1ccnc(Cl)c1F. The average molecular weight is 305 g/mol. The molecule has 0 aromatic carbocycles. The summed E-state index contributed by atoms with van der Waals surface area (Å²) in [5, 5.41) is 5.32. The number of nitrogens with zero attached hydrogens (tertiary/aromatic N) is 1. The number of allylic oxidation sites excluding steroid dienone is 1. The van der Waals surface area contributed by atoms with E-state index in [4.69, 9.17) is 16.7 Å². The smallest absolute Gasteiger partial charge is 0.165 e. The number of pyridine rings is 1. The highest BCUT2D eigenvalue weighted by atomic mass is 35.5. The molecular weight excluding hydrogens is 287 g/mol. The van der Waals surface area contributed by atoms with Gasteiger partial charge in [0.1, 0.15) is 0 Å². The minimum absolute atomic E-state index is 0.154. The summed E-state index contributed by atoms with van der Waals surface area (Å²) in [6.07, 6.45) is 4.19. The summed E-state index contributed by atoms with van der Waals surface area (Å²) in [4.78, 5) is 3.69. The van der Waals surface area contributed by atoms with E-state index in [2.05, 4.69) is 11.6 Å². The summed E-state index contributed by atoms with van der Waals surface area (Å²) in [7, 11) is -1.49. The van der Waals surface area contributed by atoms with Crippen LogP contribution in [-0.2, 0) is 11.0 Å². The van der Waals surface area contributed by atoms with E-state index in [-0.39, 0.29) is 11.1 Å². The van der Waals surface area contributed by atoms with E-state index in [1.165, 1.54) is 6.20 Å². The maximum Gasteiger partial charge on any atom is 0.165 e. The number of halogens is 2. The molecule has 6 heteroatoms. The van der Waals surface area contributed by atoms with E-state index in [1.54, 1.807) is 26.0 Å². The fourth-order valence-electron chi connectivity index (χ4n) is 1.94. The maximum atomic E-state index is 14.0. The first-order valence-electron chi connectivity index (χ1n) is 5.86. The first-order chi connectivity index (χ1) is 8.79. The van der Waals surface area contributed by atoms with Crippen molar-refractivity contribution < 1.29 is 8.60 Å². The molecule has 0 fully saturated rings. The molecule has 0 bridgehead atoms. The van der Waals surface area contributed by atoms with Crippen molar-refractivity contribution in [3.8, 4) is 0 Å². The monoisotopic (exact) mass is 304 g/mol. The van der Waals surface area contributed by atoms with Crippen LogP contribution in [0.1, 0.15) is 38.2 Å². The van der Waals surface area contributed by atoms with Crippen LogP contribution in [0.15, 0.2) is 24.9 Å². The molecule has 1 rings (SSSR count). The standard InChI is InChI=1S/C13H18ClFN2OS/c1-4-5-9(8-13(2,3)19(16)18)10-6-7-17-12(14)11(10)15/h4,6-7,9H,1,5,8,16H2,2-3H3/t9-,19?/m0/s1. The Morgan fingerprint density at radius 3 is 2.84 bits per heavy atom. The van der Waals surface area contributed by atoms with Gasteiger partial charge in [-0.25, -0.2) is 13.6 Å². The average Bonchev–Trinajstić information content (AvgIpc) is 2.32. The van der Waals surface area contributed by atoms with Gasteiger partial charge in [0.05, 0.1) is 15.7 Å². The van der Waals surface area contributed by atoms with Crippen molar-refractivity contribution in [2.45, 2.75) is 37.4 Å². The molecule has 0 radical (unpaired) electrons. The Morgan fingerprint density at radius 2 is 2.32 bits per heavy atom. The number of hydrogen-bond acceptors (Lipinski definition) is 2. The van der Waals surface area contributed by atoms with E-state index in [9.17, 15) is 8.60 Å². The van der Waals surface area contributed by atoms with Crippen LogP contribution in [0.3, 0.4) is 0 Å². The molecule has 0 amide bonds. The van der Waals surface area contributed by atoms with Crippen molar-refractivity contribution in [1.29, 1.82) is 0 Å². The van der Waals surface area contributed by atoms with E-state index < -0.39 is 21.5 Å². The Kier molecular flexibility index (Phi) is 5.64. The quantitative estimate of drug-likeness (QED) is 0.647. The topological polar surface area (TPSA) is 56.0 Å². The lowest BCUT2D eigenvalue weighted by Gasteiger charge is -2.27. The minimum Gasteiger partial charge on any atom is -0.251 e. The number of aromatic nitrogens is 1. The van der Waals surface area contributed by atoms with Crippen LogP contribution in [-0.4, -0.2) is 13.9 Å². The van der Waals surface area contributed by atoms with Gasteiger partial charge in [0.2, 0.25) is 0 Å². The minimum atomic E-state index is -1.49. The molecule has 1 unspecified atom stereocenters. The van der Waals surface area contributed by atoms with E-state index in [1.807, 2.05) is 0 Å². The third-order valence-electron chi connectivity index (χ3n) is 3.05. The third-order valence-corrected chi connectivity index (χ3v) is 4.57. The molecule has 0 aliphatic carbocycles. The first-order valence-corrected chi connectivity index (χ1v) is 7.45. The van der Waals surface area contributed by atoms with Crippen LogP contribution >= 0.6 is 11.6 Å². The molecule has 19 heavy (non-hydrogen) atoms. The van der Waals surface area contributed by atoms with Crippen molar-refractivity contribution in [3.63, 3.8) is 0 Å². The van der Waals surface area contributed by atoms with Crippen LogP contribution in [0.25, 0.3) is 0 Å². The Morgan fingerprint density at radius 1 is 1.68 bits per heavy atom. The molecule has 2 N–H and O–H groups in total. The summed E-state index contributed by atoms with van der Waals surface area (Å²) >= 11 is 5.70. The molecule has 106 valence electrons. The predicted octanol–water partition coefficient (Wildman–Crippen LogP) is 3.32. The molecule has 1 aromatic rings. The van der Waals surface area contributed by atoms with Gasteiger partial charge in [-0.3, -0.25) is 5.14 Å². The van der Waals surface area contributed by atoms with Crippen LogP contribution in [0.5, 0.6) is 0 Å². The zero-order chi connectivity index (χ0) is 14.6. The molecule has 0 aliphatic heterocycles. The van der Waals surface area contributed by atoms with Crippen molar-refractivity contribution in [1.82, 2.24) is 4.98 Å². The van der Waals surface area contributed by atoms with Gasteiger partial charge in [-0.05, 0) is 44.2 Å². The number of rotatable bonds is 6. The lowest BCUT2D eigenvalue weighted by Crippen LogP contribution is -2.33. The van der Waals surface area contributed by atoms with Crippen molar-refractivity contribution in [3.05, 3.63) is 41.5 Å². The highest BCUT2D eigenvalue weighted by molar-refractivity contribution is 7.84. The Balaban J connectivity index is 3.11. The molecule has 0 spiro atoms. The highest BCUT2D eigenvalue weighted by Gasteiger charge is 2.29. The van der Waals surface area contributed by atoms with E-state index >= 15 is 0 Å². The zero-order valence-corrected chi connectivity index (χ0v) is 12.6. The lowest BCUT2D eigenvalue weighted by atomic mass is 9.87. The molecule has 1 heterocycles. The molecule has 0 saturated carbocycles. The van der Waals surface area contributed by atoms with Crippen molar-refractivity contribution in [2.24, 2.45) is 5.14 Å². The largest absolute Gasteiger partial charge is 0.251 e. The third kappa shape index (κ3) is 4.09. The van der Waals surface area contributed by atoms with Gasteiger partial charge >= 0.3 is 0 Å². The van der Waals surface area contributed by atoms with Gasteiger partial charge in [0.15, 0.2) is 11.0 Å². The number of hydrogen-bond donors (Lipinski definition) is 1. The van der Waals surface area contributed by atoms with E-state index in [0.717, 1.165) is 0 Å². The molecular formula is C13H18ClFN2OS. The van der Waals surface area contributed by atoms with Crippen LogP contribution in [0.4, 0.5) is 4.39 Å². The molecule has 3 nitrogen and oxygen atoms in total. The van der Waals surface area contributed by atoms with E-state index in [0.29, 0.717) is 18.4 Å². The molecule has 1 aromatic heterocycles. The predicted molar refractivity (Wildman–Crippen MR) is 77.8 cm³/mol. The van der Waals surface area contributed by atoms with Crippen molar-refractivity contribution >= 4 is 22.6 Å². The van der Waals surface area contributed by atoms with Gasteiger partial charge in [0.25, 0.3) is 0 Å². The molecule has 0 saturated heterocycles. The van der Waals surface area contributed by atoms with Gasteiger partial charge in [0, 0.05) is 6.20 Å². The molecule has 0 aliphatic rings. The fraction of sp³-hybridized carbons (Fsp3) is 0.462. The summed E-state index contributed by atoms with van der Waals surface area (Å²) in [6, 6.07) is 1.59. The maximum absolute atomic E-state index is 14.0. The lowest BCUT2D eigenvalue weighted by molar-refractivity contribution is 0.496. The second-order valence-corrected chi connectivity index (χ2v) is 7.05. The summed E-state index contributed by atoms with van der Waals surface area (Å²) in [5.41, 5.74) is 0.457. The summed E-state index contributed by atoms with van der Waals surface area (Å²) in [6.45, 7) is 7.26. The van der Waals surface area contributed by atoms with Gasteiger partial charge in [-0.2, -0.15) is 0 Å². The van der Waals surface area contributed by atoms with Gasteiger partial charge in [-0.1, -0.05) is 17.7 Å². The summed E-state index contributed by atoms with van der Waals surface area (Å²) in [5.74, 6) is -0.713. The summed E-state index contributed by atoms with van der Waals surface area (Å²) < 4.78 is 24.9. The fourth-order valence-corrected chi connectivity index (χ4v) is 2.48. The Bertz CT molecular complexity index is 494. The Labute approximate surface area is 120 Å². The van der Waals surface area contributed by atoms with Crippen LogP contribution in [0.2, 0.25) is 5.15 Å². The second-order valence-electron chi connectivity index (χ2n) is 4.99. The normalized spacial score (nSPS) is 15.0.